The van der Waals surface area contributed by atoms with E-state index in [1.54, 1.807) is 0 Å². The fourth-order valence-corrected chi connectivity index (χ4v) is 1.64. The summed E-state index contributed by atoms with van der Waals surface area (Å²) in [6.07, 6.45) is 6.27. The number of hydrogen-bond donors (Lipinski definition) is 1. The molecular formula is C12H20N2. The van der Waals surface area contributed by atoms with Crippen molar-refractivity contribution in [1.82, 2.24) is 4.98 Å². The lowest BCUT2D eigenvalue weighted by atomic mass is 10.0. The molecule has 0 radical (unpaired) electrons. The fourth-order valence-electron chi connectivity index (χ4n) is 1.64. The Balaban J connectivity index is 2.72. The van der Waals surface area contributed by atoms with Crippen LogP contribution >= 0.6 is 0 Å². The van der Waals surface area contributed by atoms with Crippen molar-refractivity contribution < 1.29 is 0 Å². The van der Waals surface area contributed by atoms with E-state index in [0.29, 0.717) is 0 Å². The Labute approximate surface area is 86.5 Å². The molecule has 78 valence electrons. The highest BCUT2D eigenvalue weighted by Gasteiger charge is 2.10. The van der Waals surface area contributed by atoms with Crippen molar-refractivity contribution in [2.24, 2.45) is 5.73 Å². The van der Waals surface area contributed by atoms with Gasteiger partial charge in [-0.1, -0.05) is 32.8 Å². The summed E-state index contributed by atoms with van der Waals surface area (Å²) < 4.78 is 0. The molecule has 2 heteroatoms. The highest BCUT2D eigenvalue weighted by Crippen LogP contribution is 2.18. The van der Waals surface area contributed by atoms with Gasteiger partial charge in [0.15, 0.2) is 0 Å². The molecule has 0 aliphatic carbocycles. The molecule has 1 atom stereocenters. The maximum Gasteiger partial charge on any atom is 0.0602 e. The van der Waals surface area contributed by atoms with Gasteiger partial charge in [0, 0.05) is 12.2 Å². The predicted molar refractivity (Wildman–Crippen MR) is 60.1 cm³/mol. The monoisotopic (exact) mass is 192 g/mol. The van der Waals surface area contributed by atoms with Crippen LogP contribution in [0.25, 0.3) is 0 Å². The number of rotatable bonds is 5. The minimum absolute atomic E-state index is 0.117. The van der Waals surface area contributed by atoms with Crippen molar-refractivity contribution in [2.75, 3.05) is 0 Å². The molecule has 1 aromatic rings. The first-order chi connectivity index (χ1) is 6.79. The van der Waals surface area contributed by atoms with Crippen LogP contribution in [0.3, 0.4) is 0 Å². The molecule has 0 aromatic carbocycles. The Kier molecular flexibility index (Phi) is 4.60. The van der Waals surface area contributed by atoms with Gasteiger partial charge in [-0.2, -0.15) is 0 Å². The maximum absolute atomic E-state index is 6.09. The zero-order valence-corrected chi connectivity index (χ0v) is 9.16. The van der Waals surface area contributed by atoms with Gasteiger partial charge in [-0.25, -0.2) is 0 Å². The van der Waals surface area contributed by atoms with E-state index in [-0.39, 0.29) is 6.04 Å². The normalized spacial score (nSPS) is 12.8. The summed E-state index contributed by atoms with van der Waals surface area (Å²) in [5.41, 5.74) is 8.47. The van der Waals surface area contributed by atoms with E-state index in [0.717, 1.165) is 18.5 Å². The number of aryl methyl sites for hydroxylation is 1. The van der Waals surface area contributed by atoms with Crippen LogP contribution in [-0.2, 0) is 6.42 Å². The summed E-state index contributed by atoms with van der Waals surface area (Å²) in [6.45, 7) is 4.33. The molecule has 1 aromatic heterocycles. The van der Waals surface area contributed by atoms with Crippen molar-refractivity contribution in [1.29, 1.82) is 0 Å². The first-order valence-electron chi connectivity index (χ1n) is 5.49. The number of pyridine rings is 1. The third-order valence-corrected chi connectivity index (χ3v) is 2.53. The van der Waals surface area contributed by atoms with Crippen LogP contribution in [0.15, 0.2) is 18.3 Å². The topological polar surface area (TPSA) is 38.9 Å². The summed E-state index contributed by atoms with van der Waals surface area (Å²) in [5, 5.41) is 0. The number of hydrogen-bond acceptors (Lipinski definition) is 2. The molecule has 0 unspecified atom stereocenters. The molecule has 0 bridgehead atoms. The van der Waals surface area contributed by atoms with Gasteiger partial charge in [0.2, 0.25) is 0 Å². The summed E-state index contributed by atoms with van der Waals surface area (Å²) in [4.78, 5) is 4.38. The van der Waals surface area contributed by atoms with E-state index in [9.17, 15) is 0 Å². The number of nitrogens with two attached hydrogens (primary N) is 1. The summed E-state index contributed by atoms with van der Waals surface area (Å²) in [5.74, 6) is 0. The molecular weight excluding hydrogens is 172 g/mol. The van der Waals surface area contributed by atoms with Crippen molar-refractivity contribution in [3.05, 3.63) is 29.6 Å². The van der Waals surface area contributed by atoms with Gasteiger partial charge in [0.25, 0.3) is 0 Å². The van der Waals surface area contributed by atoms with Crippen molar-refractivity contribution in [3.63, 3.8) is 0 Å². The Morgan fingerprint density at radius 2 is 2.21 bits per heavy atom. The van der Waals surface area contributed by atoms with Gasteiger partial charge in [0.05, 0.1) is 5.69 Å². The van der Waals surface area contributed by atoms with Crippen LogP contribution < -0.4 is 5.73 Å². The third kappa shape index (κ3) is 2.81. The molecule has 2 N–H and O–H groups in total. The Bertz CT molecular complexity index is 271. The van der Waals surface area contributed by atoms with Crippen molar-refractivity contribution in [2.45, 2.75) is 45.6 Å². The van der Waals surface area contributed by atoms with Crippen LogP contribution in [0.5, 0.6) is 0 Å². The summed E-state index contributed by atoms with van der Waals surface area (Å²) in [7, 11) is 0. The van der Waals surface area contributed by atoms with Gasteiger partial charge < -0.3 is 5.73 Å². The van der Waals surface area contributed by atoms with Gasteiger partial charge >= 0.3 is 0 Å². The molecule has 14 heavy (non-hydrogen) atoms. The predicted octanol–water partition coefficient (Wildman–Crippen LogP) is 2.83. The molecule has 0 aliphatic heterocycles. The molecule has 0 fully saturated rings. The van der Waals surface area contributed by atoms with Gasteiger partial charge in [-0.05, 0) is 24.5 Å². The van der Waals surface area contributed by atoms with E-state index in [1.165, 1.54) is 18.4 Å². The first-order valence-corrected chi connectivity index (χ1v) is 5.49. The molecule has 0 aliphatic rings. The lowest BCUT2D eigenvalue weighted by Crippen LogP contribution is -2.14. The zero-order valence-electron chi connectivity index (χ0n) is 9.16. The average molecular weight is 192 g/mol. The van der Waals surface area contributed by atoms with Crippen LogP contribution in [0.4, 0.5) is 0 Å². The summed E-state index contributed by atoms with van der Waals surface area (Å²) in [6, 6.07) is 4.22. The minimum atomic E-state index is 0.117. The highest BCUT2D eigenvalue weighted by atomic mass is 14.8. The Morgan fingerprint density at radius 1 is 1.43 bits per heavy atom. The maximum atomic E-state index is 6.09. The number of nitrogens with zero attached hydrogens (tertiary/aromatic N) is 1. The average Bonchev–Trinajstić information content (AvgIpc) is 2.25. The SMILES string of the molecule is CCCC[C@H](N)c1ncccc1CC. The Morgan fingerprint density at radius 3 is 2.86 bits per heavy atom. The molecule has 0 saturated heterocycles. The molecule has 2 nitrogen and oxygen atoms in total. The number of aromatic nitrogens is 1. The van der Waals surface area contributed by atoms with Crippen LogP contribution in [0.2, 0.25) is 0 Å². The first kappa shape index (κ1) is 11.2. The third-order valence-electron chi connectivity index (χ3n) is 2.53. The molecule has 0 amide bonds. The summed E-state index contributed by atoms with van der Waals surface area (Å²) >= 11 is 0. The second-order valence-corrected chi connectivity index (χ2v) is 3.65. The quantitative estimate of drug-likeness (QED) is 0.779. The van der Waals surface area contributed by atoms with Crippen molar-refractivity contribution >= 4 is 0 Å². The molecule has 1 heterocycles. The van der Waals surface area contributed by atoms with Gasteiger partial charge in [0.1, 0.15) is 0 Å². The fraction of sp³-hybridized carbons (Fsp3) is 0.583. The van der Waals surface area contributed by atoms with Crippen LogP contribution in [0, 0.1) is 0 Å². The van der Waals surface area contributed by atoms with E-state index < -0.39 is 0 Å². The van der Waals surface area contributed by atoms with Crippen molar-refractivity contribution in [3.8, 4) is 0 Å². The van der Waals surface area contributed by atoms with Gasteiger partial charge in [-0.15, -0.1) is 0 Å². The second-order valence-electron chi connectivity index (χ2n) is 3.65. The molecule has 0 saturated carbocycles. The Hall–Kier alpha value is -0.890. The second kappa shape index (κ2) is 5.76. The van der Waals surface area contributed by atoms with E-state index in [2.05, 4.69) is 24.9 Å². The molecule has 1 rings (SSSR count). The lowest BCUT2D eigenvalue weighted by Gasteiger charge is -2.13. The van der Waals surface area contributed by atoms with Crippen LogP contribution in [0.1, 0.15) is 50.4 Å². The smallest absolute Gasteiger partial charge is 0.0602 e. The van der Waals surface area contributed by atoms with Crippen LogP contribution in [-0.4, -0.2) is 4.98 Å². The lowest BCUT2D eigenvalue weighted by molar-refractivity contribution is 0.585. The van der Waals surface area contributed by atoms with E-state index >= 15 is 0 Å². The molecule has 0 spiro atoms. The largest absolute Gasteiger partial charge is 0.323 e. The van der Waals surface area contributed by atoms with E-state index in [4.69, 9.17) is 5.73 Å². The van der Waals surface area contributed by atoms with Gasteiger partial charge in [-0.3, -0.25) is 4.98 Å². The number of unbranched alkanes of at least 4 members (excludes halogenated alkanes) is 1. The zero-order chi connectivity index (χ0) is 10.4. The minimum Gasteiger partial charge on any atom is -0.323 e. The standard InChI is InChI=1S/C12H20N2/c1-3-5-8-11(13)12-10(4-2)7-6-9-14-12/h6-7,9,11H,3-5,8,13H2,1-2H3/t11-/m0/s1. The van der Waals surface area contributed by atoms with E-state index in [1.807, 2.05) is 12.3 Å². The highest BCUT2D eigenvalue weighted by molar-refractivity contribution is 5.22.